The third-order valence-corrected chi connectivity index (χ3v) is 3.37. The molecule has 19 heavy (non-hydrogen) atoms. The third-order valence-electron chi connectivity index (χ3n) is 2.69. The van der Waals surface area contributed by atoms with E-state index in [1.165, 1.54) is 5.56 Å². The molecule has 0 radical (unpaired) electrons. The summed E-state index contributed by atoms with van der Waals surface area (Å²) in [5.74, 6) is 0.00350. The number of benzene rings is 2. The summed E-state index contributed by atoms with van der Waals surface area (Å²) in [6, 6.07) is 13.1. The number of rotatable bonds is 4. The molecule has 0 aliphatic heterocycles. The molecule has 0 heterocycles. The molecule has 4 heteroatoms. The van der Waals surface area contributed by atoms with Gasteiger partial charge in [-0.3, -0.25) is 4.79 Å². The summed E-state index contributed by atoms with van der Waals surface area (Å²) in [7, 11) is 0. The fourth-order valence-corrected chi connectivity index (χ4v) is 2.53. The Hall–Kier alpha value is -1.32. The van der Waals surface area contributed by atoms with E-state index in [4.69, 9.17) is 11.6 Å². The van der Waals surface area contributed by atoms with Crippen LogP contribution >= 0.6 is 27.5 Å². The maximum absolute atomic E-state index is 12.0. The molecule has 0 saturated heterocycles. The standard InChI is InChI=1S/C15H13BrClNO/c1-10-2-4-14(5-3-10)18-9-15(19)11-6-12(16)8-13(17)7-11/h2-8,18H,9H2,1H3. The summed E-state index contributed by atoms with van der Waals surface area (Å²) < 4.78 is 0.804. The maximum atomic E-state index is 12.0. The van der Waals surface area contributed by atoms with Crippen molar-refractivity contribution in [1.29, 1.82) is 0 Å². The maximum Gasteiger partial charge on any atom is 0.181 e. The van der Waals surface area contributed by atoms with Crippen molar-refractivity contribution in [3.05, 3.63) is 63.1 Å². The van der Waals surface area contributed by atoms with Gasteiger partial charge in [0.25, 0.3) is 0 Å². The highest BCUT2D eigenvalue weighted by molar-refractivity contribution is 9.10. The van der Waals surface area contributed by atoms with Crippen LogP contribution in [0.4, 0.5) is 5.69 Å². The van der Waals surface area contributed by atoms with E-state index in [0.717, 1.165) is 10.2 Å². The van der Waals surface area contributed by atoms with Crippen LogP contribution in [-0.4, -0.2) is 12.3 Å². The van der Waals surface area contributed by atoms with Crippen molar-refractivity contribution in [3.63, 3.8) is 0 Å². The largest absolute Gasteiger partial charge is 0.378 e. The Labute approximate surface area is 125 Å². The van der Waals surface area contributed by atoms with Crippen molar-refractivity contribution in [1.82, 2.24) is 0 Å². The van der Waals surface area contributed by atoms with Gasteiger partial charge >= 0.3 is 0 Å². The molecule has 0 saturated carbocycles. The molecule has 2 rings (SSSR count). The van der Waals surface area contributed by atoms with Crippen LogP contribution in [-0.2, 0) is 0 Å². The molecular formula is C15H13BrClNO. The summed E-state index contributed by atoms with van der Waals surface area (Å²) in [5, 5.41) is 3.65. The molecule has 0 unspecified atom stereocenters. The molecule has 0 aromatic heterocycles. The number of Topliss-reactive ketones (excluding diaryl/α,β-unsaturated/α-hetero) is 1. The van der Waals surface area contributed by atoms with Crippen molar-refractivity contribution in [2.24, 2.45) is 0 Å². The van der Waals surface area contributed by atoms with Crippen molar-refractivity contribution in [2.75, 3.05) is 11.9 Å². The summed E-state index contributed by atoms with van der Waals surface area (Å²) in [4.78, 5) is 12.0. The lowest BCUT2D eigenvalue weighted by Crippen LogP contribution is -2.14. The molecule has 0 spiro atoms. The van der Waals surface area contributed by atoms with E-state index >= 15 is 0 Å². The van der Waals surface area contributed by atoms with Crippen molar-refractivity contribution in [2.45, 2.75) is 6.92 Å². The smallest absolute Gasteiger partial charge is 0.181 e. The van der Waals surface area contributed by atoms with Gasteiger partial charge in [-0.1, -0.05) is 45.2 Å². The molecule has 0 bridgehead atoms. The van der Waals surface area contributed by atoms with Crippen LogP contribution in [0.25, 0.3) is 0 Å². The Bertz CT molecular complexity index is 575. The van der Waals surface area contributed by atoms with Crippen LogP contribution in [0.3, 0.4) is 0 Å². The van der Waals surface area contributed by atoms with E-state index in [0.29, 0.717) is 10.6 Å². The second kappa shape index (κ2) is 6.22. The number of aryl methyl sites for hydroxylation is 1. The first-order valence-electron chi connectivity index (χ1n) is 5.84. The zero-order chi connectivity index (χ0) is 13.8. The van der Waals surface area contributed by atoms with Crippen LogP contribution in [0.1, 0.15) is 15.9 Å². The molecule has 1 N–H and O–H groups in total. The van der Waals surface area contributed by atoms with Crippen LogP contribution < -0.4 is 5.32 Å². The number of hydrogen-bond acceptors (Lipinski definition) is 2. The van der Waals surface area contributed by atoms with Gasteiger partial charge in [-0.2, -0.15) is 0 Å². The predicted molar refractivity (Wildman–Crippen MR) is 83.2 cm³/mol. The van der Waals surface area contributed by atoms with E-state index in [2.05, 4.69) is 21.2 Å². The number of anilines is 1. The fraction of sp³-hybridized carbons (Fsp3) is 0.133. The van der Waals surface area contributed by atoms with Gasteiger partial charge in [0.05, 0.1) is 6.54 Å². The first-order chi connectivity index (χ1) is 9.04. The minimum atomic E-state index is 0.00350. The quantitative estimate of drug-likeness (QED) is 0.818. The second-order valence-corrected chi connectivity index (χ2v) is 5.65. The highest BCUT2D eigenvalue weighted by Crippen LogP contribution is 2.20. The van der Waals surface area contributed by atoms with Crippen LogP contribution in [0.15, 0.2) is 46.9 Å². The number of hydrogen-bond donors (Lipinski definition) is 1. The van der Waals surface area contributed by atoms with Crippen molar-refractivity contribution < 1.29 is 4.79 Å². The molecule has 0 amide bonds. The van der Waals surface area contributed by atoms with Gasteiger partial charge in [-0.25, -0.2) is 0 Å². The van der Waals surface area contributed by atoms with Crippen LogP contribution in [0.2, 0.25) is 5.02 Å². The van der Waals surface area contributed by atoms with E-state index < -0.39 is 0 Å². The molecule has 2 aromatic rings. The molecule has 0 aliphatic rings. The van der Waals surface area contributed by atoms with E-state index in [-0.39, 0.29) is 12.3 Å². The SMILES string of the molecule is Cc1ccc(NCC(=O)c2cc(Cl)cc(Br)c2)cc1. The van der Waals surface area contributed by atoms with Gasteiger partial charge in [0.15, 0.2) is 5.78 Å². The lowest BCUT2D eigenvalue weighted by Gasteiger charge is -2.07. The number of ketones is 1. The second-order valence-electron chi connectivity index (χ2n) is 4.30. The van der Waals surface area contributed by atoms with Gasteiger partial charge < -0.3 is 5.32 Å². The minimum Gasteiger partial charge on any atom is -0.378 e. The van der Waals surface area contributed by atoms with Crippen LogP contribution in [0.5, 0.6) is 0 Å². The number of nitrogens with one attached hydrogen (secondary N) is 1. The van der Waals surface area contributed by atoms with Gasteiger partial charge in [-0.05, 0) is 37.3 Å². The van der Waals surface area contributed by atoms with E-state index in [1.807, 2.05) is 31.2 Å². The molecular weight excluding hydrogens is 326 g/mol. The van der Waals surface area contributed by atoms with Gasteiger partial charge in [0.2, 0.25) is 0 Å². The summed E-state index contributed by atoms with van der Waals surface area (Å²) in [6.45, 7) is 2.27. The highest BCUT2D eigenvalue weighted by atomic mass is 79.9. The molecule has 0 aliphatic carbocycles. The van der Waals surface area contributed by atoms with Gasteiger partial charge in [0, 0.05) is 20.7 Å². The normalized spacial score (nSPS) is 10.3. The van der Waals surface area contributed by atoms with E-state index in [9.17, 15) is 4.79 Å². The summed E-state index contributed by atoms with van der Waals surface area (Å²) in [5.41, 5.74) is 2.72. The van der Waals surface area contributed by atoms with Crippen molar-refractivity contribution in [3.8, 4) is 0 Å². The number of carbonyl (C=O) groups excluding carboxylic acids is 1. The minimum absolute atomic E-state index is 0.00350. The summed E-state index contributed by atoms with van der Waals surface area (Å²) >= 11 is 9.25. The predicted octanol–water partition coefficient (Wildman–Crippen LogP) is 4.71. The van der Waals surface area contributed by atoms with Gasteiger partial charge in [0.1, 0.15) is 0 Å². The fourth-order valence-electron chi connectivity index (χ4n) is 1.67. The Kier molecular flexibility index (Phi) is 4.61. The Balaban J connectivity index is 2.03. The molecule has 0 fully saturated rings. The Morgan fingerprint density at radius 3 is 2.53 bits per heavy atom. The van der Waals surface area contributed by atoms with Crippen LogP contribution in [0, 0.1) is 6.92 Å². The zero-order valence-electron chi connectivity index (χ0n) is 10.4. The lowest BCUT2D eigenvalue weighted by atomic mass is 10.1. The monoisotopic (exact) mass is 337 g/mol. The Morgan fingerprint density at radius 2 is 1.89 bits per heavy atom. The Morgan fingerprint density at radius 1 is 1.21 bits per heavy atom. The first kappa shape index (κ1) is 14.1. The molecule has 0 atom stereocenters. The average molecular weight is 339 g/mol. The van der Waals surface area contributed by atoms with Gasteiger partial charge in [-0.15, -0.1) is 0 Å². The van der Waals surface area contributed by atoms with E-state index in [1.54, 1.807) is 18.2 Å². The molecule has 98 valence electrons. The molecule has 2 aromatic carbocycles. The zero-order valence-corrected chi connectivity index (χ0v) is 12.8. The summed E-state index contributed by atoms with van der Waals surface area (Å²) in [6.07, 6.45) is 0. The topological polar surface area (TPSA) is 29.1 Å². The third kappa shape index (κ3) is 4.08. The number of carbonyl (C=O) groups is 1. The lowest BCUT2D eigenvalue weighted by molar-refractivity contribution is 0.101. The molecule has 2 nitrogen and oxygen atoms in total. The first-order valence-corrected chi connectivity index (χ1v) is 7.01. The average Bonchev–Trinajstić information content (AvgIpc) is 2.36. The highest BCUT2D eigenvalue weighted by Gasteiger charge is 2.07. The number of halogens is 2. The van der Waals surface area contributed by atoms with Crippen molar-refractivity contribution >= 4 is 39.0 Å².